The molecule has 0 bridgehead atoms. The number of nitrogens with two attached hydrogens (primary N) is 1. The molecule has 7 nitrogen and oxygen atoms in total. The lowest BCUT2D eigenvalue weighted by atomic mass is 10.0. The van der Waals surface area contributed by atoms with Gasteiger partial charge in [-0.15, -0.1) is 0 Å². The van der Waals surface area contributed by atoms with Crippen molar-refractivity contribution in [2.45, 2.75) is 38.8 Å². The number of anilines is 1. The summed E-state index contributed by atoms with van der Waals surface area (Å²) in [5, 5.41) is 5.32. The molecule has 148 valence electrons. The molecule has 0 aliphatic rings. The van der Waals surface area contributed by atoms with E-state index in [1.165, 1.54) is 19.1 Å². The normalized spacial score (nSPS) is 12.5. The minimum Gasteiger partial charge on any atom is -0.449 e. The quantitative estimate of drug-likeness (QED) is 0.607. The zero-order chi connectivity index (χ0) is 20.5. The summed E-state index contributed by atoms with van der Waals surface area (Å²) in [6, 6.07) is 14.9. The van der Waals surface area contributed by atoms with E-state index in [0.29, 0.717) is 5.69 Å². The molecule has 0 aromatic heterocycles. The van der Waals surface area contributed by atoms with Gasteiger partial charge in [0.25, 0.3) is 5.91 Å². The molecule has 2 atom stereocenters. The summed E-state index contributed by atoms with van der Waals surface area (Å²) in [5.74, 6) is -1.04. The summed E-state index contributed by atoms with van der Waals surface area (Å²) in [6.45, 7) is 3.56. The standard InChI is InChI=1S/C21H25N3O4/c1-3-8-18(15-9-5-4-6-10-15)24-19(25)14(2)28-20(26)16-11-7-12-17(13-16)23-21(22)27/h4-7,9-14,18H,3,8H2,1-2H3,(H,24,25)(H3,22,23,27)/t14-,18+/m0/s1. The van der Waals surface area contributed by atoms with Crippen molar-refractivity contribution in [1.82, 2.24) is 5.32 Å². The number of hydrogen-bond donors (Lipinski definition) is 3. The third kappa shape index (κ3) is 6.12. The number of carbonyl (C=O) groups is 3. The van der Waals surface area contributed by atoms with E-state index in [1.807, 2.05) is 37.3 Å². The third-order valence-electron chi connectivity index (χ3n) is 4.11. The number of primary amides is 1. The van der Waals surface area contributed by atoms with Gasteiger partial charge in [-0.1, -0.05) is 49.7 Å². The van der Waals surface area contributed by atoms with Crippen molar-refractivity contribution >= 4 is 23.6 Å². The van der Waals surface area contributed by atoms with Crippen molar-refractivity contribution in [2.24, 2.45) is 5.73 Å². The number of hydrogen-bond acceptors (Lipinski definition) is 4. The van der Waals surface area contributed by atoms with E-state index in [1.54, 1.807) is 12.1 Å². The topological polar surface area (TPSA) is 111 Å². The van der Waals surface area contributed by atoms with Crippen LogP contribution < -0.4 is 16.4 Å². The molecule has 2 aromatic carbocycles. The van der Waals surface area contributed by atoms with Crippen LogP contribution in [0.25, 0.3) is 0 Å². The monoisotopic (exact) mass is 383 g/mol. The minimum atomic E-state index is -0.969. The second-order valence-electron chi connectivity index (χ2n) is 6.38. The average Bonchev–Trinajstić information content (AvgIpc) is 2.67. The van der Waals surface area contributed by atoms with Crippen LogP contribution in [0, 0.1) is 0 Å². The highest BCUT2D eigenvalue weighted by atomic mass is 16.5. The first-order valence-corrected chi connectivity index (χ1v) is 9.13. The van der Waals surface area contributed by atoms with Crippen LogP contribution in [-0.2, 0) is 9.53 Å². The summed E-state index contributed by atoms with van der Waals surface area (Å²) in [5.41, 5.74) is 6.65. The van der Waals surface area contributed by atoms with Gasteiger partial charge in [-0.05, 0) is 37.1 Å². The van der Waals surface area contributed by atoms with Gasteiger partial charge in [-0.2, -0.15) is 0 Å². The lowest BCUT2D eigenvalue weighted by molar-refractivity contribution is -0.129. The van der Waals surface area contributed by atoms with E-state index in [4.69, 9.17) is 10.5 Å². The molecule has 28 heavy (non-hydrogen) atoms. The Morgan fingerprint density at radius 1 is 1.07 bits per heavy atom. The smallest absolute Gasteiger partial charge is 0.338 e. The van der Waals surface area contributed by atoms with E-state index < -0.39 is 18.1 Å². The minimum absolute atomic E-state index is 0.150. The molecule has 0 heterocycles. The maximum absolute atomic E-state index is 12.5. The van der Waals surface area contributed by atoms with Gasteiger partial charge in [-0.25, -0.2) is 9.59 Å². The van der Waals surface area contributed by atoms with Crippen molar-refractivity contribution in [3.8, 4) is 0 Å². The molecule has 3 amide bonds. The van der Waals surface area contributed by atoms with Crippen LogP contribution in [0.3, 0.4) is 0 Å². The molecule has 0 radical (unpaired) electrons. The second-order valence-corrected chi connectivity index (χ2v) is 6.38. The number of urea groups is 1. The molecule has 0 saturated carbocycles. The molecule has 0 fully saturated rings. The maximum Gasteiger partial charge on any atom is 0.338 e. The van der Waals surface area contributed by atoms with E-state index in [9.17, 15) is 14.4 Å². The molecule has 0 spiro atoms. The van der Waals surface area contributed by atoms with Crippen LogP contribution in [0.15, 0.2) is 54.6 Å². The van der Waals surface area contributed by atoms with Gasteiger partial charge >= 0.3 is 12.0 Å². The van der Waals surface area contributed by atoms with Crippen LogP contribution in [0.1, 0.15) is 48.7 Å². The number of amides is 3. The van der Waals surface area contributed by atoms with Gasteiger partial charge < -0.3 is 21.1 Å². The first-order valence-electron chi connectivity index (χ1n) is 9.13. The highest BCUT2D eigenvalue weighted by Gasteiger charge is 2.22. The highest BCUT2D eigenvalue weighted by molar-refractivity contribution is 5.95. The number of benzene rings is 2. The number of carbonyl (C=O) groups excluding carboxylic acids is 3. The Kier molecular flexibility index (Phi) is 7.56. The fourth-order valence-electron chi connectivity index (χ4n) is 2.73. The Morgan fingerprint density at radius 3 is 2.43 bits per heavy atom. The SMILES string of the molecule is CCC[C@@H](NC(=O)[C@H](C)OC(=O)c1cccc(NC(N)=O)c1)c1ccccc1. The molecule has 0 saturated heterocycles. The molecule has 0 aliphatic heterocycles. The van der Waals surface area contributed by atoms with E-state index in [-0.39, 0.29) is 17.5 Å². The van der Waals surface area contributed by atoms with Gasteiger partial charge in [-0.3, -0.25) is 4.79 Å². The lowest BCUT2D eigenvalue weighted by Crippen LogP contribution is -2.38. The molecule has 4 N–H and O–H groups in total. The van der Waals surface area contributed by atoms with Gasteiger partial charge in [0, 0.05) is 5.69 Å². The Balaban J connectivity index is 2.00. The predicted molar refractivity (Wildman–Crippen MR) is 107 cm³/mol. The lowest BCUT2D eigenvalue weighted by Gasteiger charge is -2.21. The zero-order valence-corrected chi connectivity index (χ0v) is 16.0. The Morgan fingerprint density at radius 2 is 1.79 bits per heavy atom. The molecule has 2 aromatic rings. The summed E-state index contributed by atoms with van der Waals surface area (Å²) >= 11 is 0. The van der Waals surface area contributed by atoms with Crippen molar-refractivity contribution in [2.75, 3.05) is 5.32 Å². The number of nitrogens with one attached hydrogen (secondary N) is 2. The fourth-order valence-corrected chi connectivity index (χ4v) is 2.73. The first-order chi connectivity index (χ1) is 13.4. The predicted octanol–water partition coefficient (Wildman–Crippen LogP) is 3.38. The fraction of sp³-hybridized carbons (Fsp3) is 0.286. The van der Waals surface area contributed by atoms with Crippen LogP contribution >= 0.6 is 0 Å². The maximum atomic E-state index is 12.5. The van der Waals surface area contributed by atoms with Crippen LogP contribution in [0.4, 0.5) is 10.5 Å². The van der Waals surface area contributed by atoms with Crippen LogP contribution in [0.2, 0.25) is 0 Å². The molecule has 0 unspecified atom stereocenters. The molecule has 2 rings (SSSR count). The van der Waals surface area contributed by atoms with Crippen molar-refractivity contribution < 1.29 is 19.1 Å². The van der Waals surface area contributed by atoms with E-state index in [2.05, 4.69) is 10.6 Å². The van der Waals surface area contributed by atoms with E-state index in [0.717, 1.165) is 18.4 Å². The van der Waals surface area contributed by atoms with Gasteiger partial charge in [0.1, 0.15) is 0 Å². The molecular weight excluding hydrogens is 358 g/mol. The third-order valence-corrected chi connectivity index (χ3v) is 4.11. The number of ether oxygens (including phenoxy) is 1. The first kappa shape index (κ1) is 21.0. The van der Waals surface area contributed by atoms with Gasteiger partial charge in [0.05, 0.1) is 11.6 Å². The van der Waals surface area contributed by atoms with Crippen molar-refractivity contribution in [3.63, 3.8) is 0 Å². The summed E-state index contributed by atoms with van der Waals surface area (Å²) < 4.78 is 5.28. The van der Waals surface area contributed by atoms with E-state index >= 15 is 0 Å². The zero-order valence-electron chi connectivity index (χ0n) is 16.0. The Hall–Kier alpha value is -3.35. The number of rotatable bonds is 8. The average molecular weight is 383 g/mol. The molecule has 7 heteroatoms. The summed E-state index contributed by atoms with van der Waals surface area (Å²) in [7, 11) is 0. The Bertz CT molecular complexity index is 823. The van der Waals surface area contributed by atoms with Crippen molar-refractivity contribution in [3.05, 3.63) is 65.7 Å². The molecular formula is C21H25N3O4. The largest absolute Gasteiger partial charge is 0.449 e. The number of esters is 1. The summed E-state index contributed by atoms with van der Waals surface area (Å²) in [4.78, 5) is 35.8. The Labute approximate surface area is 164 Å². The summed E-state index contributed by atoms with van der Waals surface area (Å²) in [6.07, 6.45) is 0.702. The second kappa shape index (κ2) is 10.1. The van der Waals surface area contributed by atoms with Gasteiger partial charge in [0.15, 0.2) is 6.10 Å². The van der Waals surface area contributed by atoms with Crippen LogP contribution in [0.5, 0.6) is 0 Å². The highest BCUT2D eigenvalue weighted by Crippen LogP contribution is 2.19. The van der Waals surface area contributed by atoms with Gasteiger partial charge in [0.2, 0.25) is 0 Å². The van der Waals surface area contributed by atoms with Crippen LogP contribution in [-0.4, -0.2) is 24.0 Å². The van der Waals surface area contributed by atoms with Crippen molar-refractivity contribution in [1.29, 1.82) is 0 Å². The molecule has 0 aliphatic carbocycles.